The highest BCUT2D eigenvalue weighted by atomic mass is 35.5. The third-order valence-electron chi connectivity index (χ3n) is 2.68. The smallest absolute Gasteiger partial charge is 0.139 e. The van der Waals surface area contributed by atoms with E-state index in [0.29, 0.717) is 22.3 Å². The summed E-state index contributed by atoms with van der Waals surface area (Å²) in [4.78, 5) is 7.46. The largest absolute Gasteiger partial charge is 0.341 e. The summed E-state index contributed by atoms with van der Waals surface area (Å²) in [6, 6.07) is 4.29. The third-order valence-corrected chi connectivity index (χ3v) is 3.00. The van der Waals surface area contributed by atoms with Gasteiger partial charge >= 0.3 is 0 Å². The van der Waals surface area contributed by atoms with Crippen molar-refractivity contribution in [3.63, 3.8) is 0 Å². The van der Waals surface area contributed by atoms with Crippen LogP contribution in [0.3, 0.4) is 0 Å². The summed E-state index contributed by atoms with van der Waals surface area (Å²) in [6.45, 7) is 5.99. The van der Waals surface area contributed by atoms with Crippen LogP contribution in [0.2, 0.25) is 5.02 Å². The molecular formula is C14H17ClFN3. The van der Waals surface area contributed by atoms with Crippen LogP contribution in [0.4, 0.5) is 4.39 Å². The maximum Gasteiger partial charge on any atom is 0.139 e. The molecule has 1 heterocycles. The van der Waals surface area contributed by atoms with Gasteiger partial charge in [-0.05, 0) is 30.7 Å². The summed E-state index contributed by atoms with van der Waals surface area (Å²) in [5, 5.41) is 3.68. The Bertz CT molecular complexity index is 551. The van der Waals surface area contributed by atoms with Crippen LogP contribution in [0, 0.1) is 11.7 Å². The van der Waals surface area contributed by atoms with Crippen molar-refractivity contribution >= 4 is 11.6 Å². The van der Waals surface area contributed by atoms with E-state index in [-0.39, 0.29) is 5.82 Å². The van der Waals surface area contributed by atoms with Gasteiger partial charge in [-0.15, -0.1) is 0 Å². The van der Waals surface area contributed by atoms with Crippen LogP contribution in [0.5, 0.6) is 0 Å². The van der Waals surface area contributed by atoms with Crippen LogP contribution in [0.1, 0.15) is 19.5 Å². The molecule has 102 valence electrons. The maximum absolute atomic E-state index is 13.0. The highest BCUT2D eigenvalue weighted by Crippen LogP contribution is 2.26. The molecule has 1 aromatic heterocycles. The van der Waals surface area contributed by atoms with E-state index in [9.17, 15) is 4.39 Å². The second-order valence-electron chi connectivity index (χ2n) is 4.91. The highest BCUT2D eigenvalue weighted by Gasteiger charge is 2.08. The number of hydrogen-bond acceptors (Lipinski definition) is 2. The van der Waals surface area contributed by atoms with Gasteiger partial charge in [0.15, 0.2) is 0 Å². The van der Waals surface area contributed by atoms with E-state index >= 15 is 0 Å². The topological polar surface area (TPSA) is 40.7 Å². The fourth-order valence-corrected chi connectivity index (χ4v) is 2.02. The zero-order valence-corrected chi connectivity index (χ0v) is 11.8. The van der Waals surface area contributed by atoms with Crippen LogP contribution < -0.4 is 5.32 Å². The zero-order valence-electron chi connectivity index (χ0n) is 11.0. The number of H-pyrrole nitrogens is 1. The second-order valence-corrected chi connectivity index (χ2v) is 5.31. The van der Waals surface area contributed by atoms with Crippen molar-refractivity contribution in [2.75, 3.05) is 6.54 Å². The van der Waals surface area contributed by atoms with Crippen LogP contribution in [0.15, 0.2) is 24.4 Å². The van der Waals surface area contributed by atoms with Gasteiger partial charge < -0.3 is 10.3 Å². The molecular weight excluding hydrogens is 265 g/mol. The van der Waals surface area contributed by atoms with E-state index in [2.05, 4.69) is 29.1 Å². The Balaban J connectivity index is 2.08. The molecule has 2 rings (SSSR count). The molecule has 2 aromatic rings. The molecule has 19 heavy (non-hydrogen) atoms. The molecule has 0 aliphatic carbocycles. The Morgan fingerprint density at radius 2 is 2.21 bits per heavy atom. The van der Waals surface area contributed by atoms with Gasteiger partial charge in [-0.1, -0.05) is 25.4 Å². The monoisotopic (exact) mass is 281 g/mol. The average molecular weight is 282 g/mol. The normalized spacial score (nSPS) is 11.2. The van der Waals surface area contributed by atoms with E-state index in [0.717, 1.165) is 18.8 Å². The lowest BCUT2D eigenvalue weighted by Gasteiger charge is -2.05. The molecule has 2 N–H and O–H groups in total. The number of hydrogen-bond donors (Lipinski definition) is 2. The minimum atomic E-state index is -0.348. The van der Waals surface area contributed by atoms with Crippen LogP contribution in [0.25, 0.3) is 11.4 Å². The molecule has 0 unspecified atom stereocenters. The lowest BCUT2D eigenvalue weighted by atomic mass is 10.2. The van der Waals surface area contributed by atoms with Gasteiger partial charge in [0.25, 0.3) is 0 Å². The molecule has 0 aliphatic heterocycles. The first kappa shape index (κ1) is 14.0. The maximum atomic E-state index is 13.0. The van der Waals surface area contributed by atoms with Gasteiger partial charge in [0.2, 0.25) is 0 Å². The molecule has 0 bridgehead atoms. The first-order chi connectivity index (χ1) is 9.06. The fraction of sp³-hybridized carbons (Fsp3) is 0.357. The molecule has 0 saturated carbocycles. The Kier molecular flexibility index (Phi) is 4.56. The SMILES string of the molecule is CC(C)CNCc1cnc(-c2ccc(F)cc2Cl)[nH]1. The first-order valence-electron chi connectivity index (χ1n) is 6.26. The molecule has 0 spiro atoms. The number of aromatic amines is 1. The number of rotatable bonds is 5. The molecule has 3 nitrogen and oxygen atoms in total. The van der Waals surface area contributed by atoms with Gasteiger partial charge in [-0.3, -0.25) is 0 Å². The number of benzene rings is 1. The summed E-state index contributed by atoms with van der Waals surface area (Å²) >= 11 is 6.00. The molecule has 0 atom stereocenters. The summed E-state index contributed by atoms with van der Waals surface area (Å²) in [7, 11) is 0. The van der Waals surface area contributed by atoms with E-state index in [4.69, 9.17) is 11.6 Å². The number of imidazole rings is 1. The van der Waals surface area contributed by atoms with Crippen LogP contribution in [-0.4, -0.2) is 16.5 Å². The number of nitrogens with one attached hydrogen (secondary N) is 2. The van der Waals surface area contributed by atoms with Gasteiger partial charge in [0.05, 0.1) is 5.02 Å². The minimum Gasteiger partial charge on any atom is -0.341 e. The van der Waals surface area contributed by atoms with Crippen molar-refractivity contribution in [1.82, 2.24) is 15.3 Å². The van der Waals surface area contributed by atoms with Crippen molar-refractivity contribution in [2.24, 2.45) is 5.92 Å². The Morgan fingerprint density at radius 3 is 2.89 bits per heavy atom. The number of nitrogens with zero attached hydrogens (tertiary/aromatic N) is 1. The van der Waals surface area contributed by atoms with E-state index in [1.54, 1.807) is 12.3 Å². The van der Waals surface area contributed by atoms with Gasteiger partial charge in [0.1, 0.15) is 11.6 Å². The van der Waals surface area contributed by atoms with Crippen molar-refractivity contribution < 1.29 is 4.39 Å². The quantitative estimate of drug-likeness (QED) is 0.879. The van der Waals surface area contributed by atoms with Crippen molar-refractivity contribution in [3.05, 3.63) is 40.9 Å². The van der Waals surface area contributed by atoms with Crippen molar-refractivity contribution in [3.8, 4) is 11.4 Å². The fourth-order valence-electron chi connectivity index (χ4n) is 1.76. The molecule has 0 saturated heterocycles. The standard InChI is InChI=1S/C14H17ClFN3/c1-9(2)6-17-7-11-8-18-14(19-11)12-4-3-10(16)5-13(12)15/h3-5,8-9,17H,6-7H2,1-2H3,(H,18,19). The van der Waals surface area contributed by atoms with Gasteiger partial charge in [-0.2, -0.15) is 0 Å². The predicted octanol–water partition coefficient (Wildman–Crippen LogP) is 3.61. The van der Waals surface area contributed by atoms with Gasteiger partial charge in [0, 0.05) is 24.0 Å². The molecule has 0 amide bonds. The molecule has 0 aliphatic rings. The van der Waals surface area contributed by atoms with E-state index in [1.165, 1.54) is 12.1 Å². The highest BCUT2D eigenvalue weighted by molar-refractivity contribution is 6.33. The van der Waals surface area contributed by atoms with Gasteiger partial charge in [-0.25, -0.2) is 9.37 Å². The first-order valence-corrected chi connectivity index (χ1v) is 6.64. The molecule has 0 fully saturated rings. The zero-order chi connectivity index (χ0) is 13.8. The molecule has 1 aromatic carbocycles. The average Bonchev–Trinajstić information content (AvgIpc) is 2.77. The molecule has 0 radical (unpaired) electrons. The van der Waals surface area contributed by atoms with E-state index in [1.807, 2.05) is 0 Å². The predicted molar refractivity (Wildman–Crippen MR) is 75.5 cm³/mol. The third kappa shape index (κ3) is 3.78. The van der Waals surface area contributed by atoms with Crippen molar-refractivity contribution in [2.45, 2.75) is 20.4 Å². The van der Waals surface area contributed by atoms with E-state index < -0.39 is 0 Å². The number of aromatic nitrogens is 2. The summed E-state index contributed by atoms with van der Waals surface area (Å²) in [5.41, 5.74) is 1.69. The summed E-state index contributed by atoms with van der Waals surface area (Å²) < 4.78 is 13.0. The lowest BCUT2D eigenvalue weighted by molar-refractivity contribution is 0.549. The van der Waals surface area contributed by atoms with Crippen LogP contribution >= 0.6 is 11.6 Å². The Hall–Kier alpha value is -1.39. The number of halogens is 2. The summed E-state index contributed by atoms with van der Waals surface area (Å²) in [6.07, 6.45) is 1.77. The Morgan fingerprint density at radius 1 is 1.42 bits per heavy atom. The lowest BCUT2D eigenvalue weighted by Crippen LogP contribution is -2.19. The molecule has 5 heteroatoms. The Labute approximate surface area is 117 Å². The second kappa shape index (κ2) is 6.17. The van der Waals surface area contributed by atoms with Crippen molar-refractivity contribution in [1.29, 1.82) is 0 Å². The van der Waals surface area contributed by atoms with Crippen LogP contribution in [-0.2, 0) is 6.54 Å². The summed E-state index contributed by atoms with van der Waals surface area (Å²) in [5.74, 6) is 0.916. The minimum absolute atomic E-state index is 0.348.